The third-order valence-corrected chi connectivity index (χ3v) is 7.18. The van der Waals surface area contributed by atoms with Gasteiger partial charge in [-0.1, -0.05) is 29.3 Å². The van der Waals surface area contributed by atoms with Crippen LogP contribution >= 0.6 is 23.2 Å². The van der Waals surface area contributed by atoms with Gasteiger partial charge in [0.15, 0.2) is 6.73 Å². The number of aliphatic hydroxyl groups excluding tert-OH is 1. The Balaban J connectivity index is 1.24. The fourth-order valence-electron chi connectivity index (χ4n) is 4.63. The number of fused-ring (bicyclic) bond motifs is 1. The number of hydrogen-bond acceptors (Lipinski definition) is 9. The molecule has 0 bridgehead atoms. The number of aromatic nitrogens is 2. The van der Waals surface area contributed by atoms with E-state index >= 15 is 0 Å². The van der Waals surface area contributed by atoms with Gasteiger partial charge in [-0.3, -0.25) is 9.69 Å². The first-order valence-corrected chi connectivity index (χ1v) is 13.8. The highest BCUT2D eigenvalue weighted by Gasteiger charge is 2.33. The van der Waals surface area contributed by atoms with Crippen molar-refractivity contribution < 1.29 is 24.2 Å². The summed E-state index contributed by atoms with van der Waals surface area (Å²) in [7, 11) is 0. The number of anilines is 4. The SMILES string of the molecule is CC(C)(C)OC(=O)N1CCN(c2ccc(Nc3ncc4c(n3)OCN(c3c(Cl)cccc3Cl)C4=O)cc2)C(CO)C1. The van der Waals surface area contributed by atoms with E-state index in [0.717, 1.165) is 5.69 Å². The van der Waals surface area contributed by atoms with Crippen LogP contribution in [0.4, 0.5) is 27.8 Å². The van der Waals surface area contributed by atoms with E-state index in [4.69, 9.17) is 32.7 Å². The summed E-state index contributed by atoms with van der Waals surface area (Å²) in [6.07, 6.45) is 1.01. The molecule has 2 aliphatic heterocycles. The molecule has 41 heavy (non-hydrogen) atoms. The topological polar surface area (TPSA) is 120 Å². The quantitative estimate of drug-likeness (QED) is 0.419. The molecule has 0 aliphatic carbocycles. The van der Waals surface area contributed by atoms with Crippen LogP contribution in [0.15, 0.2) is 48.7 Å². The molecule has 5 rings (SSSR count). The summed E-state index contributed by atoms with van der Waals surface area (Å²) >= 11 is 12.6. The zero-order valence-electron chi connectivity index (χ0n) is 22.8. The van der Waals surface area contributed by atoms with E-state index < -0.39 is 5.60 Å². The summed E-state index contributed by atoms with van der Waals surface area (Å²) in [6.45, 7) is 6.65. The van der Waals surface area contributed by atoms with Gasteiger partial charge in [-0.25, -0.2) is 9.78 Å². The second kappa shape index (κ2) is 11.6. The summed E-state index contributed by atoms with van der Waals surface area (Å²) in [5.74, 6) is 0.0345. The maximum atomic E-state index is 13.1. The number of piperazine rings is 1. The van der Waals surface area contributed by atoms with Gasteiger partial charge >= 0.3 is 6.09 Å². The summed E-state index contributed by atoms with van der Waals surface area (Å²) in [5.41, 5.74) is 1.59. The molecule has 2 aliphatic rings. The standard InChI is InChI=1S/C28H30Cl2N6O5/c1-28(2,3)41-27(39)34-11-12-35(19(14-34)15-37)18-9-7-17(8-10-18)32-26-31-13-20-24(33-26)40-16-36(25(20)38)23-21(29)5-4-6-22(23)30/h4-10,13,19,37H,11-12,14-16H2,1-3H3,(H,31,32,33). The molecule has 3 aromatic rings. The fourth-order valence-corrected chi connectivity index (χ4v) is 5.24. The Morgan fingerprint density at radius 2 is 1.85 bits per heavy atom. The van der Waals surface area contributed by atoms with Crippen LogP contribution in [0.3, 0.4) is 0 Å². The number of hydrogen-bond donors (Lipinski definition) is 2. The van der Waals surface area contributed by atoms with Gasteiger partial charge in [0.25, 0.3) is 5.91 Å². The first-order chi connectivity index (χ1) is 19.5. The van der Waals surface area contributed by atoms with E-state index in [-0.39, 0.29) is 48.8 Å². The highest BCUT2D eigenvalue weighted by atomic mass is 35.5. The minimum absolute atomic E-state index is 0.104. The molecule has 2 N–H and O–H groups in total. The number of amides is 2. The molecule has 0 saturated carbocycles. The van der Waals surface area contributed by atoms with Crippen molar-refractivity contribution in [2.75, 3.05) is 48.1 Å². The number of carbonyl (C=O) groups excluding carboxylic acids is 2. The maximum absolute atomic E-state index is 13.1. The highest BCUT2D eigenvalue weighted by Crippen LogP contribution is 2.37. The Bertz CT molecular complexity index is 1430. The molecule has 2 aromatic carbocycles. The van der Waals surface area contributed by atoms with Gasteiger partial charge in [0.05, 0.1) is 28.4 Å². The van der Waals surface area contributed by atoms with Gasteiger partial charge in [0, 0.05) is 37.2 Å². The van der Waals surface area contributed by atoms with Gasteiger partial charge in [-0.05, 0) is 57.2 Å². The lowest BCUT2D eigenvalue weighted by atomic mass is 10.1. The minimum atomic E-state index is -0.583. The number of benzene rings is 2. The average Bonchev–Trinajstić information content (AvgIpc) is 2.93. The number of nitrogens with one attached hydrogen (secondary N) is 1. The summed E-state index contributed by atoms with van der Waals surface area (Å²) in [5, 5.41) is 13.8. The van der Waals surface area contributed by atoms with Gasteiger partial charge < -0.3 is 29.7 Å². The van der Waals surface area contributed by atoms with Crippen LogP contribution in [0, 0.1) is 0 Å². The molecular formula is C28H30Cl2N6O5. The van der Waals surface area contributed by atoms with Crippen molar-refractivity contribution in [2.24, 2.45) is 0 Å². The molecule has 1 saturated heterocycles. The first-order valence-electron chi connectivity index (χ1n) is 13.0. The van der Waals surface area contributed by atoms with Crippen molar-refractivity contribution in [3.8, 4) is 5.88 Å². The van der Waals surface area contributed by atoms with Crippen LogP contribution in [-0.4, -0.2) is 76.6 Å². The Labute approximate surface area is 247 Å². The number of carbonyl (C=O) groups is 2. The van der Waals surface area contributed by atoms with Crippen LogP contribution < -0.4 is 19.9 Å². The van der Waals surface area contributed by atoms with Crippen LogP contribution in [0.25, 0.3) is 0 Å². The van der Waals surface area contributed by atoms with Gasteiger partial charge in [0.2, 0.25) is 11.8 Å². The number of halogens is 2. The van der Waals surface area contributed by atoms with Crippen molar-refractivity contribution in [1.82, 2.24) is 14.9 Å². The Hall–Kier alpha value is -3.80. The van der Waals surface area contributed by atoms with E-state index in [9.17, 15) is 14.7 Å². The Morgan fingerprint density at radius 3 is 2.51 bits per heavy atom. The molecular weight excluding hydrogens is 571 g/mol. The molecule has 13 heteroatoms. The summed E-state index contributed by atoms with van der Waals surface area (Å²) in [4.78, 5) is 39.3. The largest absolute Gasteiger partial charge is 0.455 e. The Kier molecular flexibility index (Phi) is 8.12. The van der Waals surface area contributed by atoms with E-state index in [1.165, 1.54) is 11.1 Å². The number of para-hydroxylation sites is 1. The number of rotatable bonds is 5. The molecule has 216 valence electrons. The smallest absolute Gasteiger partial charge is 0.410 e. The second-order valence-electron chi connectivity index (χ2n) is 10.6. The van der Waals surface area contributed by atoms with Crippen molar-refractivity contribution in [2.45, 2.75) is 32.4 Å². The molecule has 11 nitrogen and oxygen atoms in total. The van der Waals surface area contributed by atoms with E-state index in [1.807, 2.05) is 45.0 Å². The molecule has 1 aromatic heterocycles. The van der Waals surface area contributed by atoms with Crippen molar-refractivity contribution in [3.63, 3.8) is 0 Å². The van der Waals surface area contributed by atoms with Crippen molar-refractivity contribution in [3.05, 3.63) is 64.3 Å². The molecule has 2 amide bonds. The molecule has 1 fully saturated rings. The predicted octanol–water partition coefficient (Wildman–Crippen LogP) is 4.94. The monoisotopic (exact) mass is 600 g/mol. The number of ether oxygens (including phenoxy) is 2. The van der Waals surface area contributed by atoms with Crippen LogP contribution in [0.1, 0.15) is 31.1 Å². The highest BCUT2D eigenvalue weighted by molar-refractivity contribution is 6.40. The van der Waals surface area contributed by atoms with E-state index in [1.54, 1.807) is 23.1 Å². The van der Waals surface area contributed by atoms with Crippen molar-refractivity contribution >= 4 is 58.2 Å². The average molecular weight is 601 g/mol. The molecule has 0 spiro atoms. The van der Waals surface area contributed by atoms with Crippen LogP contribution in [-0.2, 0) is 4.74 Å². The zero-order valence-corrected chi connectivity index (χ0v) is 24.3. The van der Waals surface area contributed by atoms with Crippen LogP contribution in [0.5, 0.6) is 5.88 Å². The van der Waals surface area contributed by atoms with Crippen LogP contribution in [0.2, 0.25) is 10.0 Å². The minimum Gasteiger partial charge on any atom is -0.455 e. The second-order valence-corrected chi connectivity index (χ2v) is 11.4. The zero-order chi connectivity index (χ0) is 29.3. The first kappa shape index (κ1) is 28.7. The lowest BCUT2D eigenvalue weighted by molar-refractivity contribution is 0.0197. The van der Waals surface area contributed by atoms with Gasteiger partial charge in [-0.2, -0.15) is 4.98 Å². The molecule has 0 radical (unpaired) electrons. The predicted molar refractivity (Wildman–Crippen MR) is 157 cm³/mol. The normalized spacial score (nSPS) is 17.2. The fraction of sp³-hybridized carbons (Fsp3) is 0.357. The number of aliphatic hydroxyl groups is 1. The summed E-state index contributed by atoms with van der Waals surface area (Å²) < 4.78 is 11.2. The Morgan fingerprint density at radius 1 is 1.15 bits per heavy atom. The van der Waals surface area contributed by atoms with E-state index in [0.29, 0.717) is 41.1 Å². The third-order valence-electron chi connectivity index (χ3n) is 6.57. The third kappa shape index (κ3) is 6.27. The van der Waals surface area contributed by atoms with Gasteiger partial charge in [-0.15, -0.1) is 0 Å². The maximum Gasteiger partial charge on any atom is 0.410 e. The van der Waals surface area contributed by atoms with Gasteiger partial charge in [0.1, 0.15) is 11.2 Å². The number of nitrogens with zero attached hydrogens (tertiary/aromatic N) is 5. The molecule has 1 atom stereocenters. The lowest BCUT2D eigenvalue weighted by Gasteiger charge is -2.42. The molecule has 3 heterocycles. The summed E-state index contributed by atoms with van der Waals surface area (Å²) in [6, 6.07) is 12.3. The van der Waals surface area contributed by atoms with E-state index in [2.05, 4.69) is 20.2 Å². The van der Waals surface area contributed by atoms with Crippen molar-refractivity contribution in [1.29, 1.82) is 0 Å². The lowest BCUT2D eigenvalue weighted by Crippen LogP contribution is -2.57. The molecule has 1 unspecified atom stereocenters.